The second-order valence-electron chi connectivity index (χ2n) is 11.3. The highest BCUT2D eigenvalue weighted by molar-refractivity contribution is 5.70. The molecule has 0 bridgehead atoms. The summed E-state index contributed by atoms with van der Waals surface area (Å²) < 4.78 is 11.8. The summed E-state index contributed by atoms with van der Waals surface area (Å²) in [7, 11) is 5.93. The molecule has 206 valence electrons. The summed E-state index contributed by atoms with van der Waals surface area (Å²) >= 11 is 0. The van der Waals surface area contributed by atoms with Crippen LogP contribution in [0.3, 0.4) is 0 Å². The third-order valence-electron chi connectivity index (χ3n) is 7.95. The lowest BCUT2D eigenvalue weighted by Crippen LogP contribution is -2.46. The summed E-state index contributed by atoms with van der Waals surface area (Å²) in [4.78, 5) is 15.3. The van der Waals surface area contributed by atoms with Crippen molar-refractivity contribution in [2.75, 3.05) is 27.7 Å². The molecule has 1 aliphatic rings. The number of carbonyl (C=O) groups excluding carboxylic acids is 1. The number of ether oxygens (including phenoxy) is 2. The van der Waals surface area contributed by atoms with Gasteiger partial charge >= 0.3 is 5.97 Å². The van der Waals surface area contributed by atoms with Crippen molar-refractivity contribution in [2.24, 2.45) is 0 Å². The smallest absolute Gasteiger partial charge is 0.306 e. The summed E-state index contributed by atoms with van der Waals surface area (Å²) in [6.07, 6.45) is 21.6. The molecule has 0 heterocycles. The molecule has 1 saturated carbocycles. The van der Waals surface area contributed by atoms with E-state index in [2.05, 4.69) is 38.1 Å². The van der Waals surface area contributed by atoms with E-state index in [0.717, 1.165) is 50.8 Å². The number of nitrogens with zero attached hydrogens (tertiary/aromatic N) is 1. The maximum atomic E-state index is 13.1. The van der Waals surface area contributed by atoms with Crippen LogP contribution in [0.2, 0.25) is 0 Å². The van der Waals surface area contributed by atoms with E-state index in [1.807, 2.05) is 12.1 Å². The van der Waals surface area contributed by atoms with Crippen molar-refractivity contribution in [3.05, 3.63) is 29.8 Å². The Hall–Kier alpha value is -1.55. The number of benzene rings is 1. The van der Waals surface area contributed by atoms with Crippen LogP contribution in [0.1, 0.15) is 134 Å². The van der Waals surface area contributed by atoms with Gasteiger partial charge in [0.2, 0.25) is 0 Å². The minimum Gasteiger partial charge on any atom is -0.497 e. The number of unbranched alkanes of at least 4 members (excludes halogenated alkanes) is 11. The summed E-state index contributed by atoms with van der Waals surface area (Å²) in [5, 5.41) is 0. The van der Waals surface area contributed by atoms with E-state index in [1.165, 1.54) is 76.2 Å². The first-order chi connectivity index (χ1) is 17.5. The number of esters is 1. The zero-order valence-electron chi connectivity index (χ0n) is 24.0. The van der Waals surface area contributed by atoms with E-state index in [4.69, 9.17) is 9.47 Å². The first-order valence-corrected chi connectivity index (χ1v) is 15.0. The molecule has 0 spiro atoms. The minimum atomic E-state index is -0.397. The van der Waals surface area contributed by atoms with Gasteiger partial charge < -0.3 is 14.4 Å². The summed E-state index contributed by atoms with van der Waals surface area (Å²) in [5.41, 5.74) is 0.843. The molecule has 0 aliphatic heterocycles. The van der Waals surface area contributed by atoms with E-state index >= 15 is 0 Å². The lowest BCUT2D eigenvalue weighted by Gasteiger charge is -2.44. The Labute approximate surface area is 222 Å². The van der Waals surface area contributed by atoms with Crippen molar-refractivity contribution in [2.45, 2.75) is 134 Å². The normalized spacial score (nSPS) is 16.1. The van der Waals surface area contributed by atoms with Crippen LogP contribution in [0.5, 0.6) is 5.75 Å². The van der Waals surface area contributed by atoms with Crippen LogP contribution in [0.15, 0.2) is 24.3 Å². The lowest BCUT2D eigenvalue weighted by atomic mass is 9.72. The Morgan fingerprint density at radius 3 is 1.86 bits per heavy atom. The van der Waals surface area contributed by atoms with Gasteiger partial charge in [-0.15, -0.1) is 0 Å². The molecule has 1 aromatic carbocycles. The van der Waals surface area contributed by atoms with Crippen molar-refractivity contribution in [1.82, 2.24) is 4.90 Å². The van der Waals surface area contributed by atoms with E-state index in [1.54, 1.807) is 7.11 Å². The van der Waals surface area contributed by atoms with Gasteiger partial charge in [0.25, 0.3) is 0 Å². The second-order valence-corrected chi connectivity index (χ2v) is 11.3. The fourth-order valence-corrected chi connectivity index (χ4v) is 5.84. The van der Waals surface area contributed by atoms with Crippen LogP contribution in [0.4, 0.5) is 0 Å². The first kappa shape index (κ1) is 30.7. The standard InChI is InChI=1S/C32H55NO3/c1-5-6-7-8-9-10-11-12-13-14-15-17-20-31(34)36-32(25-18-16-19-26-32)30(27-33(2)3)28-21-23-29(35-4)24-22-28/h21-24,30H,5-20,25-27H2,1-4H3. The molecule has 1 atom stereocenters. The quantitative estimate of drug-likeness (QED) is 0.140. The predicted octanol–water partition coefficient (Wildman–Crippen LogP) is 8.68. The highest BCUT2D eigenvalue weighted by atomic mass is 16.6. The molecule has 4 nitrogen and oxygen atoms in total. The number of likely N-dealkylation sites (N-methyl/N-ethyl adjacent to an activating group) is 1. The van der Waals surface area contributed by atoms with Crippen LogP contribution < -0.4 is 4.74 Å². The van der Waals surface area contributed by atoms with Crippen molar-refractivity contribution >= 4 is 5.97 Å². The zero-order chi connectivity index (χ0) is 26.1. The van der Waals surface area contributed by atoms with Crippen molar-refractivity contribution < 1.29 is 14.3 Å². The molecular weight excluding hydrogens is 446 g/mol. The largest absolute Gasteiger partial charge is 0.497 e. The van der Waals surface area contributed by atoms with Crippen LogP contribution in [0.25, 0.3) is 0 Å². The maximum Gasteiger partial charge on any atom is 0.306 e. The molecule has 0 amide bonds. The molecule has 0 saturated heterocycles. The summed E-state index contributed by atoms with van der Waals surface area (Å²) in [6, 6.07) is 8.37. The zero-order valence-corrected chi connectivity index (χ0v) is 24.0. The molecule has 2 rings (SSSR count). The second kappa shape index (κ2) is 17.8. The summed E-state index contributed by atoms with van der Waals surface area (Å²) in [6.45, 7) is 3.15. The van der Waals surface area contributed by atoms with Gasteiger partial charge in [-0.1, -0.05) is 96.1 Å². The Bertz CT molecular complexity index is 694. The van der Waals surface area contributed by atoms with E-state index in [9.17, 15) is 4.79 Å². The molecule has 1 fully saturated rings. The van der Waals surface area contributed by atoms with Crippen LogP contribution in [0, 0.1) is 0 Å². The third kappa shape index (κ3) is 11.2. The first-order valence-electron chi connectivity index (χ1n) is 15.0. The molecule has 36 heavy (non-hydrogen) atoms. The summed E-state index contributed by atoms with van der Waals surface area (Å²) in [5.74, 6) is 1.04. The highest BCUT2D eigenvalue weighted by Crippen LogP contribution is 2.44. The molecule has 0 aromatic heterocycles. The van der Waals surface area contributed by atoms with Gasteiger partial charge in [-0.2, -0.15) is 0 Å². The lowest BCUT2D eigenvalue weighted by molar-refractivity contribution is -0.167. The highest BCUT2D eigenvalue weighted by Gasteiger charge is 2.44. The minimum absolute atomic E-state index is 0.00115. The van der Waals surface area contributed by atoms with Gasteiger partial charge in [0.1, 0.15) is 11.4 Å². The van der Waals surface area contributed by atoms with Crippen molar-refractivity contribution in [3.8, 4) is 5.75 Å². The van der Waals surface area contributed by atoms with Gasteiger partial charge in [-0.3, -0.25) is 4.79 Å². The molecule has 4 heteroatoms. The average Bonchev–Trinajstić information content (AvgIpc) is 2.88. The van der Waals surface area contributed by atoms with Crippen molar-refractivity contribution in [3.63, 3.8) is 0 Å². The molecule has 1 aromatic rings. The van der Waals surface area contributed by atoms with E-state index in [0.29, 0.717) is 6.42 Å². The topological polar surface area (TPSA) is 38.8 Å². The Morgan fingerprint density at radius 1 is 0.833 bits per heavy atom. The number of methoxy groups -OCH3 is 1. The SMILES string of the molecule is CCCCCCCCCCCCCCC(=O)OC1(C(CN(C)C)c2ccc(OC)cc2)CCCCC1. The average molecular weight is 502 g/mol. The number of hydrogen-bond acceptors (Lipinski definition) is 4. The van der Waals surface area contributed by atoms with Crippen LogP contribution >= 0.6 is 0 Å². The fraction of sp³-hybridized carbons (Fsp3) is 0.781. The van der Waals surface area contributed by atoms with Crippen molar-refractivity contribution in [1.29, 1.82) is 0 Å². The molecular formula is C32H55NO3. The molecule has 1 unspecified atom stereocenters. The Balaban J connectivity index is 1.81. The number of rotatable bonds is 19. The van der Waals surface area contributed by atoms with Gasteiger partial charge in [0.05, 0.1) is 7.11 Å². The van der Waals surface area contributed by atoms with E-state index < -0.39 is 5.60 Å². The number of carbonyl (C=O) groups is 1. The van der Waals surface area contributed by atoms with Crippen LogP contribution in [-0.2, 0) is 9.53 Å². The Kier molecular flexibility index (Phi) is 15.2. The molecule has 0 radical (unpaired) electrons. The predicted molar refractivity (Wildman–Crippen MR) is 152 cm³/mol. The van der Waals surface area contributed by atoms with Crippen LogP contribution in [-0.4, -0.2) is 44.2 Å². The van der Waals surface area contributed by atoms with E-state index in [-0.39, 0.29) is 11.9 Å². The van der Waals surface area contributed by atoms with Gasteiger partial charge in [-0.25, -0.2) is 0 Å². The van der Waals surface area contributed by atoms with Gasteiger partial charge in [0.15, 0.2) is 0 Å². The third-order valence-corrected chi connectivity index (χ3v) is 7.95. The monoisotopic (exact) mass is 501 g/mol. The maximum absolute atomic E-state index is 13.1. The van der Waals surface area contributed by atoms with Gasteiger partial charge in [0, 0.05) is 18.9 Å². The number of hydrogen-bond donors (Lipinski definition) is 0. The fourth-order valence-electron chi connectivity index (χ4n) is 5.84. The Morgan fingerprint density at radius 2 is 1.36 bits per heavy atom. The molecule has 1 aliphatic carbocycles. The van der Waals surface area contributed by atoms with Gasteiger partial charge in [-0.05, 0) is 63.9 Å². The molecule has 0 N–H and O–H groups in total.